The van der Waals surface area contributed by atoms with Crippen molar-refractivity contribution in [1.29, 1.82) is 0 Å². The largest absolute Gasteiger partial charge is 0.394 e. The topological polar surface area (TPSA) is 119 Å². The maximum absolute atomic E-state index is 10.0. The van der Waals surface area contributed by atoms with Gasteiger partial charge in [-0.25, -0.2) is 14.6 Å². The minimum atomic E-state index is -0.777. The van der Waals surface area contributed by atoms with Crippen molar-refractivity contribution in [2.24, 2.45) is 0 Å². The number of aryl methyl sites for hydroxylation is 1. The number of nitrogens with zero attached hydrogens (tertiary/aromatic N) is 4. The molecule has 1 aliphatic heterocycles. The number of hydrogen-bond donors (Lipinski definition) is 3. The molecule has 27 heavy (non-hydrogen) atoms. The number of rotatable bonds is 2. The molecule has 0 aliphatic carbocycles. The maximum atomic E-state index is 10.0. The summed E-state index contributed by atoms with van der Waals surface area (Å²) in [6.45, 7) is 1.74. The highest BCUT2D eigenvalue weighted by atomic mass is 16.5. The molecule has 0 saturated carbocycles. The van der Waals surface area contributed by atoms with Gasteiger partial charge in [0.1, 0.15) is 23.9 Å². The second-order valence-electron chi connectivity index (χ2n) is 6.48. The normalized spacial score (nSPS) is 22.0. The van der Waals surface area contributed by atoms with Crippen molar-refractivity contribution in [2.75, 3.05) is 12.3 Å². The molecule has 4 N–H and O–H groups in total. The van der Waals surface area contributed by atoms with Gasteiger partial charge in [-0.05, 0) is 25.0 Å². The molecule has 0 bridgehead atoms. The van der Waals surface area contributed by atoms with E-state index in [1.165, 1.54) is 6.33 Å². The number of ether oxygens (including phenoxy) is 1. The first-order valence-electron chi connectivity index (χ1n) is 8.58. The Bertz CT molecular complexity index is 1040. The second kappa shape index (κ2) is 6.96. The van der Waals surface area contributed by atoms with Crippen LogP contribution in [0.5, 0.6) is 0 Å². The summed E-state index contributed by atoms with van der Waals surface area (Å²) in [5.41, 5.74) is 8.96. The summed E-state index contributed by atoms with van der Waals surface area (Å²) in [4.78, 5) is 8.30. The average molecular weight is 365 g/mol. The lowest BCUT2D eigenvalue weighted by atomic mass is 10.1. The van der Waals surface area contributed by atoms with Crippen LogP contribution < -0.4 is 5.73 Å². The predicted molar refractivity (Wildman–Crippen MR) is 98.5 cm³/mol. The first-order valence-corrected chi connectivity index (χ1v) is 8.58. The van der Waals surface area contributed by atoms with Crippen molar-refractivity contribution in [3.63, 3.8) is 0 Å². The van der Waals surface area contributed by atoms with Gasteiger partial charge in [-0.1, -0.05) is 23.6 Å². The maximum Gasteiger partial charge on any atom is 0.167 e. The lowest BCUT2D eigenvalue weighted by Gasteiger charge is -2.12. The summed E-state index contributed by atoms with van der Waals surface area (Å²) in [5.74, 6) is 6.38. The fourth-order valence-corrected chi connectivity index (χ4v) is 3.08. The van der Waals surface area contributed by atoms with Gasteiger partial charge >= 0.3 is 0 Å². The standard InChI is InChI=1S/C19H19N5O3/c1-11-2-4-12(5-3-11)6-7-13-17-18(20)21-10-22-19(17)24(23-13)16-8-14(26)15(9-25)27-16/h2-5,10,14-16,25-26H,8-9H2,1H3,(H2,20,21,22)/t14-,15+,16+/m0/s1. The summed E-state index contributed by atoms with van der Waals surface area (Å²) in [5, 5.41) is 24.4. The molecule has 0 spiro atoms. The van der Waals surface area contributed by atoms with Gasteiger partial charge in [0.05, 0.1) is 18.1 Å². The minimum absolute atomic E-state index is 0.270. The van der Waals surface area contributed by atoms with Gasteiger partial charge in [0, 0.05) is 12.0 Å². The van der Waals surface area contributed by atoms with E-state index in [0.29, 0.717) is 16.7 Å². The van der Waals surface area contributed by atoms with Crippen molar-refractivity contribution in [3.05, 3.63) is 47.4 Å². The van der Waals surface area contributed by atoms with Crippen LogP contribution in [0.25, 0.3) is 11.0 Å². The van der Waals surface area contributed by atoms with E-state index in [9.17, 15) is 10.2 Å². The van der Waals surface area contributed by atoms with Crippen LogP contribution in [0.3, 0.4) is 0 Å². The fraction of sp³-hybridized carbons (Fsp3) is 0.316. The Labute approximate surface area is 155 Å². The number of benzene rings is 1. The molecule has 1 aliphatic rings. The molecule has 4 rings (SSSR count). The summed E-state index contributed by atoms with van der Waals surface area (Å²) in [6.07, 6.45) is -0.362. The van der Waals surface area contributed by atoms with E-state index >= 15 is 0 Å². The molecule has 1 saturated heterocycles. The third-order valence-electron chi connectivity index (χ3n) is 4.55. The molecular weight excluding hydrogens is 346 g/mol. The summed E-state index contributed by atoms with van der Waals surface area (Å²) in [7, 11) is 0. The van der Waals surface area contributed by atoms with E-state index in [-0.39, 0.29) is 18.8 Å². The highest BCUT2D eigenvalue weighted by Gasteiger charge is 2.36. The number of aliphatic hydroxyl groups is 2. The lowest BCUT2D eigenvalue weighted by molar-refractivity contribution is -0.0470. The van der Waals surface area contributed by atoms with Crippen molar-refractivity contribution < 1.29 is 14.9 Å². The number of hydrogen-bond acceptors (Lipinski definition) is 7. The van der Waals surface area contributed by atoms with Crippen LogP contribution in [0.2, 0.25) is 0 Å². The van der Waals surface area contributed by atoms with Gasteiger partial charge in [0.15, 0.2) is 11.9 Å². The van der Waals surface area contributed by atoms with Crippen molar-refractivity contribution in [1.82, 2.24) is 19.7 Å². The Morgan fingerprint density at radius 2 is 2.04 bits per heavy atom. The second-order valence-corrected chi connectivity index (χ2v) is 6.48. The van der Waals surface area contributed by atoms with Crippen molar-refractivity contribution in [3.8, 4) is 11.8 Å². The molecule has 3 aromatic rings. The minimum Gasteiger partial charge on any atom is -0.394 e. The molecule has 0 unspecified atom stereocenters. The lowest BCUT2D eigenvalue weighted by Crippen LogP contribution is -2.24. The van der Waals surface area contributed by atoms with Gasteiger partial charge in [-0.3, -0.25) is 0 Å². The van der Waals surface area contributed by atoms with Gasteiger partial charge in [0.2, 0.25) is 0 Å². The molecule has 0 radical (unpaired) electrons. The number of aliphatic hydroxyl groups excluding tert-OH is 2. The monoisotopic (exact) mass is 365 g/mol. The third kappa shape index (κ3) is 3.24. The van der Waals surface area contributed by atoms with E-state index in [4.69, 9.17) is 10.5 Å². The van der Waals surface area contributed by atoms with Gasteiger partial charge in [-0.15, -0.1) is 0 Å². The number of nitrogen functional groups attached to an aromatic ring is 1. The van der Waals surface area contributed by atoms with Crippen LogP contribution in [0.4, 0.5) is 5.82 Å². The van der Waals surface area contributed by atoms with Gasteiger partial charge in [0.25, 0.3) is 0 Å². The van der Waals surface area contributed by atoms with Gasteiger partial charge < -0.3 is 20.7 Å². The Morgan fingerprint density at radius 1 is 1.26 bits per heavy atom. The van der Waals surface area contributed by atoms with Crippen LogP contribution in [-0.2, 0) is 4.74 Å². The zero-order valence-corrected chi connectivity index (χ0v) is 14.7. The van der Waals surface area contributed by atoms with E-state index in [1.807, 2.05) is 31.2 Å². The Morgan fingerprint density at radius 3 is 2.74 bits per heavy atom. The molecule has 1 fully saturated rings. The zero-order chi connectivity index (χ0) is 19.0. The molecule has 2 aromatic heterocycles. The molecule has 3 atom stereocenters. The summed E-state index contributed by atoms with van der Waals surface area (Å²) >= 11 is 0. The molecule has 8 nitrogen and oxygen atoms in total. The number of aromatic nitrogens is 4. The molecular formula is C19H19N5O3. The SMILES string of the molecule is Cc1ccc(C#Cc2nn([C@H]3C[C@H](O)[C@@H](CO)O3)c3ncnc(N)c23)cc1. The van der Waals surface area contributed by atoms with Crippen molar-refractivity contribution >= 4 is 16.9 Å². The molecule has 8 heteroatoms. The Kier molecular flexibility index (Phi) is 4.49. The quantitative estimate of drug-likeness (QED) is 0.574. The van der Waals surface area contributed by atoms with Crippen LogP contribution in [0.1, 0.15) is 29.5 Å². The van der Waals surface area contributed by atoms with E-state index < -0.39 is 18.4 Å². The van der Waals surface area contributed by atoms with Crippen LogP contribution in [-0.4, -0.2) is 48.8 Å². The molecule has 3 heterocycles. The first-order chi connectivity index (χ1) is 13.1. The van der Waals surface area contributed by atoms with E-state index in [0.717, 1.165) is 11.1 Å². The summed E-state index contributed by atoms with van der Waals surface area (Å²) < 4.78 is 7.24. The van der Waals surface area contributed by atoms with Gasteiger partial charge in [-0.2, -0.15) is 5.10 Å². The van der Waals surface area contributed by atoms with Crippen molar-refractivity contribution in [2.45, 2.75) is 31.8 Å². The van der Waals surface area contributed by atoms with Crippen LogP contribution >= 0.6 is 0 Å². The number of fused-ring (bicyclic) bond motifs is 1. The third-order valence-corrected chi connectivity index (χ3v) is 4.55. The predicted octanol–water partition coefficient (Wildman–Crippen LogP) is 0.757. The first kappa shape index (κ1) is 17.4. The number of anilines is 1. The highest BCUT2D eigenvalue weighted by Crippen LogP contribution is 2.32. The molecule has 1 aromatic carbocycles. The fourth-order valence-electron chi connectivity index (χ4n) is 3.08. The van der Waals surface area contributed by atoms with E-state index in [2.05, 4.69) is 26.9 Å². The van der Waals surface area contributed by atoms with E-state index in [1.54, 1.807) is 4.68 Å². The smallest absolute Gasteiger partial charge is 0.167 e. The molecule has 138 valence electrons. The Balaban J connectivity index is 1.77. The van der Waals surface area contributed by atoms with Crippen LogP contribution in [0, 0.1) is 18.8 Å². The highest BCUT2D eigenvalue weighted by molar-refractivity contribution is 5.90. The molecule has 0 amide bonds. The zero-order valence-electron chi connectivity index (χ0n) is 14.7. The Hall–Kier alpha value is -2.99. The van der Waals surface area contributed by atoms with Crippen LogP contribution in [0.15, 0.2) is 30.6 Å². The number of nitrogens with two attached hydrogens (primary N) is 1. The summed E-state index contributed by atoms with van der Waals surface area (Å²) in [6, 6.07) is 7.84. The average Bonchev–Trinajstić information content (AvgIpc) is 3.22.